The first-order valence-electron chi connectivity index (χ1n) is 6.38. The van der Waals surface area contributed by atoms with E-state index >= 15 is 0 Å². The molecule has 7 N–H and O–H groups in total. The standard InChI is InChI=1S/C12H20N6OS/c1-20-3-2-8(19)6-15-4-7-5-16-10-9(7)17-12(14)18-11(10)13/h5,8,15-16,19H,2-4,6H2,1H3,(H4,13,14,17,18). The number of aromatic amines is 1. The first-order valence-corrected chi connectivity index (χ1v) is 7.78. The second-order valence-electron chi connectivity index (χ2n) is 4.57. The van der Waals surface area contributed by atoms with E-state index in [-0.39, 0.29) is 12.1 Å². The van der Waals surface area contributed by atoms with Gasteiger partial charge in [-0.25, -0.2) is 4.98 Å². The molecule has 20 heavy (non-hydrogen) atoms. The predicted octanol–water partition coefficient (Wildman–Crippen LogP) is 0.326. The van der Waals surface area contributed by atoms with Gasteiger partial charge in [0.05, 0.1) is 6.10 Å². The molecule has 2 aromatic rings. The molecule has 2 heterocycles. The smallest absolute Gasteiger partial charge is 0.222 e. The van der Waals surface area contributed by atoms with Crippen molar-refractivity contribution in [2.75, 3.05) is 30.0 Å². The molecule has 110 valence electrons. The zero-order valence-electron chi connectivity index (χ0n) is 11.4. The first-order chi connectivity index (χ1) is 9.61. The van der Waals surface area contributed by atoms with Gasteiger partial charge in [-0.1, -0.05) is 0 Å². The third kappa shape index (κ3) is 3.53. The summed E-state index contributed by atoms with van der Waals surface area (Å²) >= 11 is 1.73. The number of anilines is 2. The maximum atomic E-state index is 9.76. The molecule has 0 aliphatic rings. The summed E-state index contributed by atoms with van der Waals surface area (Å²) in [5, 5.41) is 13.0. The fourth-order valence-corrected chi connectivity index (χ4v) is 2.47. The van der Waals surface area contributed by atoms with Crippen LogP contribution in [0, 0.1) is 0 Å². The number of hydrogen-bond acceptors (Lipinski definition) is 7. The van der Waals surface area contributed by atoms with E-state index in [1.165, 1.54) is 0 Å². The van der Waals surface area contributed by atoms with Crippen LogP contribution in [0.15, 0.2) is 6.20 Å². The maximum absolute atomic E-state index is 9.76. The molecule has 0 fully saturated rings. The van der Waals surface area contributed by atoms with Crippen molar-refractivity contribution in [3.63, 3.8) is 0 Å². The van der Waals surface area contributed by atoms with E-state index in [1.807, 2.05) is 12.5 Å². The van der Waals surface area contributed by atoms with Crippen molar-refractivity contribution in [3.05, 3.63) is 11.8 Å². The lowest BCUT2D eigenvalue weighted by Crippen LogP contribution is -2.26. The molecule has 1 atom stereocenters. The van der Waals surface area contributed by atoms with Crippen molar-refractivity contribution < 1.29 is 5.11 Å². The molecule has 0 saturated carbocycles. The Labute approximate surface area is 121 Å². The molecular weight excluding hydrogens is 276 g/mol. The number of hydrogen-bond donors (Lipinski definition) is 5. The van der Waals surface area contributed by atoms with E-state index in [0.717, 1.165) is 23.3 Å². The highest BCUT2D eigenvalue weighted by Crippen LogP contribution is 2.20. The number of thioether (sulfide) groups is 1. The van der Waals surface area contributed by atoms with Crippen LogP contribution in [0.2, 0.25) is 0 Å². The average molecular weight is 296 g/mol. The van der Waals surface area contributed by atoms with Crippen molar-refractivity contribution in [2.45, 2.75) is 19.1 Å². The van der Waals surface area contributed by atoms with Crippen molar-refractivity contribution in [3.8, 4) is 0 Å². The Balaban J connectivity index is 1.97. The molecule has 0 saturated heterocycles. The fourth-order valence-electron chi connectivity index (χ4n) is 1.96. The average Bonchev–Trinajstić information content (AvgIpc) is 2.80. The Morgan fingerprint density at radius 1 is 1.45 bits per heavy atom. The van der Waals surface area contributed by atoms with Crippen molar-refractivity contribution in [1.29, 1.82) is 0 Å². The molecule has 2 aromatic heterocycles. The van der Waals surface area contributed by atoms with Gasteiger partial charge in [0.2, 0.25) is 5.95 Å². The highest BCUT2D eigenvalue weighted by atomic mass is 32.2. The van der Waals surface area contributed by atoms with Crippen LogP contribution in [0.5, 0.6) is 0 Å². The Kier molecular flexibility index (Phi) is 5.05. The van der Waals surface area contributed by atoms with Gasteiger partial charge in [-0.3, -0.25) is 0 Å². The first kappa shape index (κ1) is 14.9. The normalized spacial score (nSPS) is 12.9. The molecule has 0 radical (unpaired) electrons. The van der Waals surface area contributed by atoms with Gasteiger partial charge < -0.3 is 26.9 Å². The summed E-state index contributed by atoms with van der Waals surface area (Å²) in [7, 11) is 0. The van der Waals surface area contributed by atoms with Crippen LogP contribution in [0.25, 0.3) is 11.0 Å². The molecule has 8 heteroatoms. The van der Waals surface area contributed by atoms with E-state index in [2.05, 4.69) is 20.3 Å². The molecule has 1 unspecified atom stereocenters. The summed E-state index contributed by atoms with van der Waals surface area (Å²) in [6, 6.07) is 0. The zero-order valence-corrected chi connectivity index (χ0v) is 12.2. The van der Waals surface area contributed by atoms with Gasteiger partial charge in [-0.2, -0.15) is 16.7 Å². The van der Waals surface area contributed by atoms with Crippen LogP contribution in [0.4, 0.5) is 11.8 Å². The molecule has 0 aromatic carbocycles. The van der Waals surface area contributed by atoms with Crippen LogP contribution in [0.1, 0.15) is 12.0 Å². The minimum absolute atomic E-state index is 0.163. The monoisotopic (exact) mass is 296 g/mol. The van der Waals surface area contributed by atoms with E-state index in [4.69, 9.17) is 11.5 Å². The van der Waals surface area contributed by atoms with Crippen LogP contribution in [0.3, 0.4) is 0 Å². The van der Waals surface area contributed by atoms with Gasteiger partial charge in [0.25, 0.3) is 0 Å². The summed E-state index contributed by atoms with van der Waals surface area (Å²) in [4.78, 5) is 11.1. The predicted molar refractivity (Wildman–Crippen MR) is 83.4 cm³/mol. The van der Waals surface area contributed by atoms with Crippen LogP contribution >= 0.6 is 11.8 Å². The van der Waals surface area contributed by atoms with E-state index in [0.29, 0.717) is 24.4 Å². The number of aliphatic hydroxyl groups is 1. The van der Waals surface area contributed by atoms with Crippen molar-refractivity contribution >= 4 is 34.6 Å². The second kappa shape index (κ2) is 6.78. The Bertz CT molecular complexity index is 572. The molecular formula is C12H20N6OS. The minimum atomic E-state index is -0.336. The number of aliphatic hydroxyl groups excluding tert-OH is 1. The lowest BCUT2D eigenvalue weighted by Gasteiger charge is -2.10. The molecule has 0 aliphatic carbocycles. The highest BCUT2D eigenvalue weighted by molar-refractivity contribution is 7.98. The van der Waals surface area contributed by atoms with Crippen LogP contribution < -0.4 is 16.8 Å². The highest BCUT2D eigenvalue weighted by Gasteiger charge is 2.10. The number of nitrogens with one attached hydrogen (secondary N) is 2. The Morgan fingerprint density at radius 2 is 2.25 bits per heavy atom. The van der Waals surface area contributed by atoms with Gasteiger partial charge >= 0.3 is 0 Å². The fraction of sp³-hybridized carbons (Fsp3) is 0.500. The van der Waals surface area contributed by atoms with Gasteiger partial charge in [-0.05, 0) is 18.4 Å². The van der Waals surface area contributed by atoms with Gasteiger partial charge in [-0.15, -0.1) is 0 Å². The summed E-state index contributed by atoms with van der Waals surface area (Å²) in [5.74, 6) is 1.46. The number of fused-ring (bicyclic) bond motifs is 1. The summed E-state index contributed by atoms with van der Waals surface area (Å²) in [6.45, 7) is 1.13. The van der Waals surface area contributed by atoms with Crippen molar-refractivity contribution in [2.24, 2.45) is 0 Å². The third-order valence-electron chi connectivity index (χ3n) is 3.00. The molecule has 0 bridgehead atoms. The van der Waals surface area contributed by atoms with E-state index in [9.17, 15) is 5.11 Å². The quantitative estimate of drug-likeness (QED) is 0.498. The molecule has 0 aliphatic heterocycles. The second-order valence-corrected chi connectivity index (χ2v) is 5.56. The molecule has 2 rings (SSSR count). The number of nitrogens with two attached hydrogens (primary N) is 2. The largest absolute Gasteiger partial charge is 0.392 e. The Morgan fingerprint density at radius 3 is 3.00 bits per heavy atom. The lowest BCUT2D eigenvalue weighted by molar-refractivity contribution is 0.168. The minimum Gasteiger partial charge on any atom is -0.392 e. The Hall–Kier alpha value is -1.51. The summed E-state index contributed by atoms with van der Waals surface area (Å²) in [5.41, 5.74) is 13.8. The number of nitrogens with zero attached hydrogens (tertiary/aromatic N) is 2. The maximum Gasteiger partial charge on any atom is 0.222 e. The third-order valence-corrected chi connectivity index (χ3v) is 3.64. The number of rotatable bonds is 7. The summed E-state index contributed by atoms with van der Waals surface area (Å²) in [6.07, 6.45) is 4.30. The lowest BCUT2D eigenvalue weighted by atomic mass is 10.2. The van der Waals surface area contributed by atoms with Gasteiger partial charge in [0, 0.05) is 24.8 Å². The SMILES string of the molecule is CSCCC(O)CNCc1c[nH]c2c(N)nc(N)nc12. The topological polar surface area (TPSA) is 126 Å². The number of aromatic nitrogens is 3. The molecule has 7 nitrogen and oxygen atoms in total. The van der Waals surface area contributed by atoms with Crippen LogP contribution in [-0.2, 0) is 6.54 Å². The summed E-state index contributed by atoms with van der Waals surface area (Å²) < 4.78 is 0. The van der Waals surface area contributed by atoms with Gasteiger partial charge in [0.15, 0.2) is 5.82 Å². The van der Waals surface area contributed by atoms with E-state index in [1.54, 1.807) is 11.8 Å². The molecule has 0 amide bonds. The number of nitrogen functional groups attached to an aromatic ring is 2. The van der Waals surface area contributed by atoms with Crippen molar-refractivity contribution in [1.82, 2.24) is 20.3 Å². The van der Waals surface area contributed by atoms with Crippen LogP contribution in [-0.4, -0.2) is 44.7 Å². The molecule has 0 spiro atoms. The van der Waals surface area contributed by atoms with E-state index < -0.39 is 0 Å². The zero-order chi connectivity index (χ0) is 14.5. The van der Waals surface area contributed by atoms with Gasteiger partial charge in [0.1, 0.15) is 11.0 Å². The number of H-pyrrole nitrogens is 1.